The number of methoxy groups -OCH3 is 2. The van der Waals surface area contributed by atoms with Gasteiger partial charge in [-0.25, -0.2) is 0 Å². The van der Waals surface area contributed by atoms with Crippen molar-refractivity contribution in [3.63, 3.8) is 0 Å². The summed E-state index contributed by atoms with van der Waals surface area (Å²) in [4.78, 5) is 21.8. The number of ether oxygens (including phenoxy) is 2. The minimum atomic E-state index is -0.651. The van der Waals surface area contributed by atoms with Crippen molar-refractivity contribution in [1.29, 1.82) is 0 Å². The Morgan fingerprint density at radius 1 is 1.33 bits per heavy atom. The van der Waals surface area contributed by atoms with E-state index in [0.29, 0.717) is 6.42 Å². The van der Waals surface area contributed by atoms with Crippen LogP contribution >= 0.6 is 0 Å². The molecule has 0 aromatic heterocycles. The molecule has 1 unspecified atom stereocenters. The van der Waals surface area contributed by atoms with Crippen molar-refractivity contribution < 1.29 is 19.1 Å². The minimum Gasteiger partial charge on any atom is -0.469 e. The third-order valence-corrected chi connectivity index (χ3v) is 1.57. The van der Waals surface area contributed by atoms with Gasteiger partial charge >= 0.3 is 5.97 Å². The van der Waals surface area contributed by atoms with E-state index in [0.717, 1.165) is 0 Å². The van der Waals surface area contributed by atoms with Crippen LogP contribution in [-0.4, -0.2) is 32.1 Å². The number of rotatable bonds is 5. The first kappa shape index (κ1) is 11.1. The standard InChI is InChI=1S/C8H14O4/c1-4-6(9)7(11-2)5-8(10)12-3/h7H,4-5H2,1-3H3. The monoisotopic (exact) mass is 174 g/mol. The Balaban J connectivity index is 3.99. The van der Waals surface area contributed by atoms with Crippen LogP contribution in [0, 0.1) is 0 Å². The summed E-state index contributed by atoms with van der Waals surface area (Å²) in [5.74, 6) is -0.508. The fraction of sp³-hybridized carbons (Fsp3) is 0.750. The molecule has 4 heteroatoms. The topological polar surface area (TPSA) is 52.6 Å². The lowest BCUT2D eigenvalue weighted by Crippen LogP contribution is -2.25. The van der Waals surface area contributed by atoms with Gasteiger partial charge in [0.1, 0.15) is 6.10 Å². The molecule has 0 spiro atoms. The molecule has 0 fully saturated rings. The fourth-order valence-corrected chi connectivity index (χ4v) is 0.791. The summed E-state index contributed by atoms with van der Waals surface area (Å²) in [7, 11) is 2.69. The molecular weight excluding hydrogens is 160 g/mol. The zero-order valence-electron chi connectivity index (χ0n) is 7.62. The van der Waals surface area contributed by atoms with Crippen LogP contribution in [0.2, 0.25) is 0 Å². The molecule has 12 heavy (non-hydrogen) atoms. The normalized spacial score (nSPS) is 12.2. The van der Waals surface area contributed by atoms with Crippen molar-refractivity contribution >= 4 is 11.8 Å². The van der Waals surface area contributed by atoms with Gasteiger partial charge in [-0.05, 0) is 0 Å². The molecule has 4 nitrogen and oxygen atoms in total. The van der Waals surface area contributed by atoms with E-state index >= 15 is 0 Å². The third-order valence-electron chi connectivity index (χ3n) is 1.57. The van der Waals surface area contributed by atoms with Gasteiger partial charge in [-0.3, -0.25) is 9.59 Å². The Hall–Kier alpha value is -0.900. The van der Waals surface area contributed by atoms with E-state index in [-0.39, 0.29) is 12.2 Å². The molecule has 70 valence electrons. The highest BCUT2D eigenvalue weighted by Crippen LogP contribution is 2.02. The van der Waals surface area contributed by atoms with Gasteiger partial charge in [0, 0.05) is 13.5 Å². The summed E-state index contributed by atoms with van der Waals surface area (Å²) in [6.07, 6.45) is -0.280. The molecular formula is C8H14O4. The number of hydrogen-bond donors (Lipinski definition) is 0. The third kappa shape index (κ3) is 3.48. The van der Waals surface area contributed by atoms with Crippen LogP contribution in [0.15, 0.2) is 0 Å². The minimum absolute atomic E-state index is 0.000324. The highest BCUT2D eigenvalue weighted by Gasteiger charge is 2.19. The number of carbonyl (C=O) groups excluding carboxylic acids is 2. The van der Waals surface area contributed by atoms with Crippen LogP contribution < -0.4 is 0 Å². The Kier molecular flexibility index (Phi) is 5.28. The number of Topliss-reactive ketones (excluding diaryl/α,β-unsaturated/α-hetero) is 1. The van der Waals surface area contributed by atoms with Gasteiger partial charge in [-0.1, -0.05) is 6.92 Å². The molecule has 0 amide bonds. The predicted molar refractivity (Wildman–Crippen MR) is 42.7 cm³/mol. The van der Waals surface area contributed by atoms with E-state index in [9.17, 15) is 9.59 Å². The van der Waals surface area contributed by atoms with E-state index in [2.05, 4.69) is 4.74 Å². The maximum absolute atomic E-state index is 11.1. The lowest BCUT2D eigenvalue weighted by atomic mass is 10.1. The first-order valence-electron chi connectivity index (χ1n) is 3.78. The zero-order chi connectivity index (χ0) is 9.56. The summed E-state index contributed by atoms with van der Waals surface area (Å²) >= 11 is 0. The van der Waals surface area contributed by atoms with Crippen molar-refractivity contribution in [2.45, 2.75) is 25.9 Å². The predicted octanol–water partition coefficient (Wildman–Crippen LogP) is 0.544. The SMILES string of the molecule is CCC(=O)C(CC(=O)OC)OC. The molecule has 0 aliphatic heterocycles. The van der Waals surface area contributed by atoms with Gasteiger partial charge in [-0.2, -0.15) is 0 Å². The molecule has 0 bridgehead atoms. The number of ketones is 1. The molecule has 0 heterocycles. The van der Waals surface area contributed by atoms with E-state index in [1.54, 1.807) is 6.92 Å². The van der Waals surface area contributed by atoms with E-state index < -0.39 is 12.1 Å². The van der Waals surface area contributed by atoms with E-state index in [1.165, 1.54) is 14.2 Å². The summed E-state index contributed by atoms with van der Waals surface area (Å²) in [5, 5.41) is 0. The molecule has 0 saturated heterocycles. The van der Waals surface area contributed by atoms with Gasteiger partial charge in [0.05, 0.1) is 13.5 Å². The first-order chi connectivity index (χ1) is 5.65. The van der Waals surface area contributed by atoms with Crippen LogP contribution in [-0.2, 0) is 19.1 Å². The second-order valence-corrected chi connectivity index (χ2v) is 2.32. The van der Waals surface area contributed by atoms with Gasteiger partial charge in [0.25, 0.3) is 0 Å². The lowest BCUT2D eigenvalue weighted by molar-refractivity contribution is -0.147. The maximum Gasteiger partial charge on any atom is 0.308 e. The Morgan fingerprint density at radius 3 is 2.25 bits per heavy atom. The summed E-state index contributed by atoms with van der Waals surface area (Å²) in [5.41, 5.74) is 0. The smallest absolute Gasteiger partial charge is 0.308 e. The first-order valence-corrected chi connectivity index (χ1v) is 3.78. The zero-order valence-corrected chi connectivity index (χ0v) is 7.62. The molecule has 0 aromatic rings. The molecule has 0 saturated carbocycles. The molecule has 0 aromatic carbocycles. The molecule has 0 N–H and O–H groups in total. The van der Waals surface area contributed by atoms with Crippen molar-refractivity contribution in [2.75, 3.05) is 14.2 Å². The average molecular weight is 174 g/mol. The van der Waals surface area contributed by atoms with Gasteiger partial charge in [0.15, 0.2) is 5.78 Å². The van der Waals surface area contributed by atoms with E-state index in [4.69, 9.17) is 4.74 Å². The largest absolute Gasteiger partial charge is 0.469 e. The number of carbonyl (C=O) groups is 2. The molecule has 0 rings (SSSR count). The van der Waals surface area contributed by atoms with Crippen LogP contribution in [0.1, 0.15) is 19.8 Å². The van der Waals surface area contributed by atoms with Crippen molar-refractivity contribution in [3.8, 4) is 0 Å². The Labute approximate surface area is 71.8 Å². The highest BCUT2D eigenvalue weighted by atomic mass is 16.5. The van der Waals surface area contributed by atoms with Crippen molar-refractivity contribution in [1.82, 2.24) is 0 Å². The lowest BCUT2D eigenvalue weighted by Gasteiger charge is -2.10. The summed E-state index contributed by atoms with van der Waals surface area (Å²) in [6, 6.07) is 0. The Morgan fingerprint density at radius 2 is 1.92 bits per heavy atom. The second kappa shape index (κ2) is 5.71. The van der Waals surface area contributed by atoms with Crippen molar-refractivity contribution in [2.24, 2.45) is 0 Å². The second-order valence-electron chi connectivity index (χ2n) is 2.32. The number of hydrogen-bond acceptors (Lipinski definition) is 4. The highest BCUT2D eigenvalue weighted by molar-refractivity contribution is 5.87. The van der Waals surface area contributed by atoms with Crippen molar-refractivity contribution in [3.05, 3.63) is 0 Å². The summed E-state index contributed by atoms with van der Waals surface area (Å²) < 4.78 is 9.23. The van der Waals surface area contributed by atoms with Gasteiger partial charge in [0.2, 0.25) is 0 Å². The fourth-order valence-electron chi connectivity index (χ4n) is 0.791. The number of esters is 1. The molecule has 0 radical (unpaired) electrons. The maximum atomic E-state index is 11.1. The van der Waals surface area contributed by atoms with Crippen LogP contribution in [0.4, 0.5) is 0 Å². The summed E-state index contributed by atoms with van der Waals surface area (Å²) in [6.45, 7) is 1.73. The van der Waals surface area contributed by atoms with Gasteiger partial charge < -0.3 is 9.47 Å². The quantitative estimate of drug-likeness (QED) is 0.571. The van der Waals surface area contributed by atoms with Crippen LogP contribution in [0.5, 0.6) is 0 Å². The molecule has 0 aliphatic carbocycles. The van der Waals surface area contributed by atoms with Gasteiger partial charge in [-0.15, -0.1) is 0 Å². The molecule has 0 aliphatic rings. The molecule has 1 atom stereocenters. The van der Waals surface area contributed by atoms with E-state index in [1.807, 2.05) is 0 Å². The average Bonchev–Trinajstić information content (AvgIpc) is 2.12. The Bertz CT molecular complexity index is 164. The van der Waals surface area contributed by atoms with Crippen LogP contribution in [0.25, 0.3) is 0 Å². The van der Waals surface area contributed by atoms with Crippen LogP contribution in [0.3, 0.4) is 0 Å².